The van der Waals surface area contributed by atoms with Gasteiger partial charge in [-0.2, -0.15) is 0 Å². The van der Waals surface area contributed by atoms with Gasteiger partial charge in [-0.1, -0.05) is 54.6 Å². The molecule has 0 unspecified atom stereocenters. The SMILES string of the molecule is CCOC(=O)c1c(-c2ccc(-c3ccccc3)cc2)csc1NC(=O)C[NH2+]Cc1ccco1. The number of nitrogens with one attached hydrogen (secondary N) is 1. The van der Waals surface area contributed by atoms with Crippen molar-refractivity contribution in [3.8, 4) is 22.3 Å². The van der Waals surface area contributed by atoms with Crippen molar-refractivity contribution in [2.24, 2.45) is 0 Å². The Morgan fingerprint density at radius 3 is 2.39 bits per heavy atom. The summed E-state index contributed by atoms with van der Waals surface area (Å²) in [4.78, 5) is 25.3. The Morgan fingerprint density at radius 2 is 1.70 bits per heavy atom. The number of esters is 1. The predicted octanol–water partition coefficient (Wildman–Crippen LogP) is 4.55. The Morgan fingerprint density at radius 1 is 0.970 bits per heavy atom. The summed E-state index contributed by atoms with van der Waals surface area (Å²) >= 11 is 1.32. The lowest BCUT2D eigenvalue weighted by molar-refractivity contribution is -0.661. The molecule has 33 heavy (non-hydrogen) atoms. The lowest BCUT2D eigenvalue weighted by atomic mass is 9.99. The summed E-state index contributed by atoms with van der Waals surface area (Å²) in [6.45, 7) is 2.79. The standard InChI is InChI=1S/C26H24N2O4S/c1-2-31-26(30)24-22(20-12-10-19(11-13-20)18-7-4-3-5-8-18)17-33-25(24)28-23(29)16-27-15-21-9-6-14-32-21/h3-14,17,27H,2,15-16H2,1H3,(H,28,29)/p+1. The van der Waals surface area contributed by atoms with Gasteiger partial charge in [0, 0.05) is 10.9 Å². The number of carbonyl (C=O) groups excluding carboxylic acids is 2. The summed E-state index contributed by atoms with van der Waals surface area (Å²) in [5, 5.41) is 7.09. The second kappa shape index (κ2) is 10.8. The summed E-state index contributed by atoms with van der Waals surface area (Å²) < 4.78 is 10.6. The molecule has 1 amide bonds. The summed E-state index contributed by atoms with van der Waals surface area (Å²) in [5.74, 6) is 0.156. The van der Waals surface area contributed by atoms with Crippen molar-refractivity contribution in [1.29, 1.82) is 0 Å². The molecule has 0 saturated heterocycles. The van der Waals surface area contributed by atoms with Gasteiger partial charge in [0.15, 0.2) is 12.3 Å². The van der Waals surface area contributed by atoms with E-state index in [1.54, 1.807) is 13.2 Å². The molecular weight excluding hydrogens is 436 g/mol. The summed E-state index contributed by atoms with van der Waals surface area (Å²) in [5.41, 5.74) is 4.23. The van der Waals surface area contributed by atoms with E-state index >= 15 is 0 Å². The van der Waals surface area contributed by atoms with Crippen LogP contribution >= 0.6 is 11.3 Å². The number of furan rings is 1. The van der Waals surface area contributed by atoms with Crippen molar-refractivity contribution in [2.45, 2.75) is 13.5 Å². The molecule has 2 aromatic carbocycles. The van der Waals surface area contributed by atoms with Crippen LogP contribution in [0, 0.1) is 0 Å². The number of nitrogens with two attached hydrogens (primary N) is 1. The molecule has 3 N–H and O–H groups in total. The lowest BCUT2D eigenvalue weighted by Crippen LogP contribution is -2.84. The quantitative estimate of drug-likeness (QED) is 0.358. The van der Waals surface area contributed by atoms with Crippen molar-refractivity contribution < 1.29 is 24.1 Å². The van der Waals surface area contributed by atoms with Gasteiger partial charge in [-0.25, -0.2) is 4.79 Å². The maximum Gasteiger partial charge on any atom is 0.341 e. The Labute approximate surface area is 196 Å². The zero-order valence-electron chi connectivity index (χ0n) is 18.2. The van der Waals surface area contributed by atoms with Gasteiger partial charge in [0.25, 0.3) is 5.91 Å². The summed E-state index contributed by atoms with van der Waals surface area (Å²) in [7, 11) is 0. The number of rotatable bonds is 9. The second-order valence-corrected chi connectivity index (χ2v) is 8.22. The van der Waals surface area contributed by atoms with Crippen LogP contribution in [0.3, 0.4) is 0 Å². The minimum Gasteiger partial charge on any atom is -0.463 e. The smallest absolute Gasteiger partial charge is 0.341 e. The van der Waals surface area contributed by atoms with Crippen LogP contribution in [0.2, 0.25) is 0 Å². The van der Waals surface area contributed by atoms with E-state index in [1.165, 1.54) is 11.3 Å². The number of benzene rings is 2. The molecule has 0 atom stereocenters. The number of anilines is 1. The Bertz CT molecular complexity index is 1200. The number of hydrogen-bond acceptors (Lipinski definition) is 5. The highest BCUT2D eigenvalue weighted by Crippen LogP contribution is 2.37. The molecule has 4 aromatic rings. The zero-order chi connectivity index (χ0) is 23.0. The molecule has 6 nitrogen and oxygen atoms in total. The maximum atomic E-state index is 12.8. The molecule has 4 rings (SSSR count). The first-order valence-corrected chi connectivity index (χ1v) is 11.6. The third-order valence-corrected chi connectivity index (χ3v) is 5.98. The van der Waals surface area contributed by atoms with Crippen molar-refractivity contribution >= 4 is 28.2 Å². The van der Waals surface area contributed by atoms with Gasteiger partial charge in [0.05, 0.1) is 12.9 Å². The molecule has 168 valence electrons. The van der Waals surface area contributed by atoms with E-state index in [9.17, 15) is 9.59 Å². The van der Waals surface area contributed by atoms with Gasteiger partial charge in [-0.15, -0.1) is 11.3 Å². The monoisotopic (exact) mass is 461 g/mol. The fourth-order valence-electron chi connectivity index (χ4n) is 3.49. The highest BCUT2D eigenvalue weighted by atomic mass is 32.1. The number of thiophene rings is 1. The van der Waals surface area contributed by atoms with Crippen LogP contribution in [0.1, 0.15) is 23.0 Å². The molecule has 0 aliphatic carbocycles. The minimum absolute atomic E-state index is 0.195. The maximum absolute atomic E-state index is 12.8. The number of carbonyl (C=O) groups is 2. The van der Waals surface area contributed by atoms with Crippen LogP contribution < -0.4 is 10.6 Å². The van der Waals surface area contributed by atoms with Gasteiger partial charge in [0.2, 0.25) is 0 Å². The van der Waals surface area contributed by atoms with E-state index in [1.807, 2.05) is 65.3 Å². The molecule has 0 fully saturated rings. The molecule has 0 radical (unpaired) electrons. The normalized spacial score (nSPS) is 10.7. The molecule has 2 heterocycles. The molecule has 2 aromatic heterocycles. The molecular formula is C26H25N2O4S+. The van der Waals surface area contributed by atoms with Crippen molar-refractivity contribution in [1.82, 2.24) is 0 Å². The Kier molecular flexibility index (Phi) is 7.34. The number of quaternary nitrogens is 1. The fourth-order valence-corrected chi connectivity index (χ4v) is 4.47. The van der Waals surface area contributed by atoms with Gasteiger partial charge in [-0.3, -0.25) is 4.79 Å². The zero-order valence-corrected chi connectivity index (χ0v) is 19.1. The van der Waals surface area contributed by atoms with Crippen LogP contribution in [-0.4, -0.2) is 25.0 Å². The Balaban J connectivity index is 1.52. The third-order valence-electron chi connectivity index (χ3n) is 5.08. The number of hydrogen-bond donors (Lipinski definition) is 2. The first-order chi connectivity index (χ1) is 16.2. The highest BCUT2D eigenvalue weighted by Gasteiger charge is 2.23. The number of ether oxygens (including phenoxy) is 1. The van der Waals surface area contributed by atoms with Crippen LogP contribution in [0.5, 0.6) is 0 Å². The van der Waals surface area contributed by atoms with Gasteiger partial charge in [-0.05, 0) is 35.7 Å². The first kappa shape index (κ1) is 22.5. The number of amides is 1. The van der Waals surface area contributed by atoms with E-state index in [0.29, 0.717) is 17.1 Å². The average molecular weight is 462 g/mol. The third kappa shape index (κ3) is 5.58. The van der Waals surface area contributed by atoms with Crippen LogP contribution in [-0.2, 0) is 16.1 Å². The molecule has 0 aliphatic rings. The molecule has 0 saturated carbocycles. The largest absolute Gasteiger partial charge is 0.463 e. The topological polar surface area (TPSA) is 85.1 Å². The summed E-state index contributed by atoms with van der Waals surface area (Å²) in [6, 6.07) is 21.8. The molecule has 7 heteroatoms. The van der Waals surface area contributed by atoms with E-state index in [-0.39, 0.29) is 19.1 Å². The molecule has 0 spiro atoms. The lowest BCUT2D eigenvalue weighted by Gasteiger charge is -2.09. The Hall–Kier alpha value is -3.68. The van der Waals surface area contributed by atoms with Crippen molar-refractivity contribution in [2.75, 3.05) is 18.5 Å². The van der Waals surface area contributed by atoms with E-state index < -0.39 is 5.97 Å². The minimum atomic E-state index is -0.448. The average Bonchev–Trinajstić information content (AvgIpc) is 3.50. The molecule has 0 aliphatic heterocycles. The van der Waals surface area contributed by atoms with E-state index in [0.717, 1.165) is 28.0 Å². The first-order valence-electron chi connectivity index (χ1n) is 10.7. The molecule has 0 bridgehead atoms. The van der Waals surface area contributed by atoms with Crippen LogP contribution in [0.15, 0.2) is 82.8 Å². The van der Waals surface area contributed by atoms with E-state index in [4.69, 9.17) is 9.15 Å². The van der Waals surface area contributed by atoms with E-state index in [2.05, 4.69) is 17.4 Å². The summed E-state index contributed by atoms with van der Waals surface area (Å²) in [6.07, 6.45) is 1.61. The van der Waals surface area contributed by atoms with Crippen LogP contribution in [0.4, 0.5) is 5.00 Å². The predicted molar refractivity (Wildman–Crippen MR) is 129 cm³/mol. The van der Waals surface area contributed by atoms with Crippen LogP contribution in [0.25, 0.3) is 22.3 Å². The van der Waals surface area contributed by atoms with Crippen molar-refractivity contribution in [3.63, 3.8) is 0 Å². The van der Waals surface area contributed by atoms with Crippen molar-refractivity contribution in [3.05, 3.63) is 89.7 Å². The fraction of sp³-hybridized carbons (Fsp3) is 0.154. The highest BCUT2D eigenvalue weighted by molar-refractivity contribution is 7.15. The van der Waals surface area contributed by atoms with Gasteiger partial charge < -0.3 is 19.8 Å². The second-order valence-electron chi connectivity index (χ2n) is 7.34. The van der Waals surface area contributed by atoms with Gasteiger partial charge >= 0.3 is 5.97 Å². The van der Waals surface area contributed by atoms with Gasteiger partial charge in [0.1, 0.15) is 17.1 Å².